The SMILES string of the molecule is FC1(F)C2=C3/C(=C4\C(=C5/C(=C\2C(F)(F)C1(F)F)C(F)(F)C(F)(F)C5(F)F)C(F)(F)C(F)(F)C4(F)F)C(F)(F)C(F)(F)C3(F)F. The van der Waals surface area contributed by atoms with Gasteiger partial charge in [-0.05, 0) is 0 Å². The maximum atomic E-state index is 14.8. The highest BCUT2D eigenvalue weighted by Gasteiger charge is 2.94. The highest BCUT2D eigenvalue weighted by Crippen LogP contribution is 2.78. The third-order valence-electron chi connectivity index (χ3n) is 7.67. The van der Waals surface area contributed by atoms with E-state index in [9.17, 15) is 105 Å². The molecule has 248 valence electrons. The van der Waals surface area contributed by atoms with Gasteiger partial charge >= 0.3 is 71.1 Å². The van der Waals surface area contributed by atoms with Crippen LogP contribution in [0.25, 0.3) is 0 Å². The maximum Gasteiger partial charge on any atom is 0.380 e. The first-order valence-corrected chi connectivity index (χ1v) is 10.5. The minimum atomic E-state index is -7.77. The molecule has 0 atom stereocenters. The van der Waals surface area contributed by atoms with Gasteiger partial charge in [-0.3, -0.25) is 0 Å². The van der Waals surface area contributed by atoms with Crippen LogP contribution in [-0.4, -0.2) is 71.1 Å². The Balaban J connectivity index is 2.34. The second kappa shape index (κ2) is 7.14. The number of rotatable bonds is 0. The number of halogens is 24. The van der Waals surface area contributed by atoms with Gasteiger partial charge in [0.05, 0.1) is 0 Å². The second-order valence-electron chi connectivity index (χ2n) is 9.89. The van der Waals surface area contributed by atoms with E-state index in [-0.39, 0.29) is 0 Å². The number of alkyl halides is 24. The molecule has 0 aliphatic heterocycles. The molecular formula is C20F24. The maximum absolute atomic E-state index is 14.8. The monoisotopic (exact) mass is 696 g/mol. The second-order valence-corrected chi connectivity index (χ2v) is 9.89. The van der Waals surface area contributed by atoms with Gasteiger partial charge in [0.1, 0.15) is 0 Å². The molecule has 0 aromatic heterocycles. The first-order chi connectivity index (χ1) is 19.0. The minimum Gasteiger partial charge on any atom is -0.194 e. The zero-order valence-electron chi connectivity index (χ0n) is 19.1. The normalized spacial score (nSPS) is 40.9. The van der Waals surface area contributed by atoms with Crippen LogP contribution in [-0.2, 0) is 0 Å². The Morgan fingerprint density at radius 2 is 0.227 bits per heavy atom. The fourth-order valence-electron chi connectivity index (χ4n) is 5.56. The molecule has 5 rings (SSSR count). The molecule has 0 nitrogen and oxygen atoms in total. The molecule has 0 aromatic rings. The molecule has 0 heterocycles. The van der Waals surface area contributed by atoms with Gasteiger partial charge in [-0.15, -0.1) is 0 Å². The van der Waals surface area contributed by atoms with Gasteiger partial charge in [0.25, 0.3) is 0 Å². The zero-order valence-corrected chi connectivity index (χ0v) is 19.1. The summed E-state index contributed by atoms with van der Waals surface area (Å²) in [5, 5.41) is 0. The van der Waals surface area contributed by atoms with Crippen molar-refractivity contribution in [2.75, 3.05) is 0 Å². The van der Waals surface area contributed by atoms with Crippen molar-refractivity contribution >= 4 is 0 Å². The lowest BCUT2D eigenvalue weighted by Crippen LogP contribution is -2.49. The van der Waals surface area contributed by atoms with Crippen LogP contribution < -0.4 is 0 Å². The smallest absolute Gasteiger partial charge is 0.194 e. The van der Waals surface area contributed by atoms with Crippen molar-refractivity contribution in [3.8, 4) is 0 Å². The Kier molecular flexibility index (Phi) is 5.30. The predicted octanol–water partition coefficient (Wildman–Crippen LogP) is 8.86. The van der Waals surface area contributed by atoms with Gasteiger partial charge in [-0.2, -0.15) is 105 Å². The third kappa shape index (κ3) is 2.58. The molecule has 5 aliphatic carbocycles. The van der Waals surface area contributed by atoms with E-state index in [0.29, 0.717) is 0 Å². The predicted molar refractivity (Wildman–Crippen MR) is 87.5 cm³/mol. The summed E-state index contributed by atoms with van der Waals surface area (Å²) in [4.78, 5) is 0. The fraction of sp³-hybridized carbons (Fsp3) is 0.600. The van der Waals surface area contributed by atoms with Gasteiger partial charge in [0.2, 0.25) is 0 Å². The van der Waals surface area contributed by atoms with Crippen molar-refractivity contribution in [1.82, 2.24) is 0 Å². The topological polar surface area (TPSA) is 0 Å². The molecule has 4 fully saturated rings. The molecule has 0 unspecified atom stereocenters. The molecule has 0 radical (unpaired) electrons. The van der Waals surface area contributed by atoms with Gasteiger partial charge in [0, 0.05) is 44.6 Å². The van der Waals surface area contributed by atoms with Crippen LogP contribution in [0.3, 0.4) is 0 Å². The Labute approximate surface area is 222 Å². The number of fused-ring (bicyclic) bond motifs is 4. The Bertz CT molecular complexity index is 1200. The summed E-state index contributed by atoms with van der Waals surface area (Å²) in [5.74, 6) is -92.5. The van der Waals surface area contributed by atoms with Crippen LogP contribution in [0.2, 0.25) is 0 Å². The zero-order chi connectivity index (χ0) is 34.6. The molecule has 0 aromatic carbocycles. The molecule has 0 saturated heterocycles. The molecule has 44 heavy (non-hydrogen) atoms. The van der Waals surface area contributed by atoms with Crippen molar-refractivity contribution in [2.24, 2.45) is 0 Å². The molecule has 24 heteroatoms. The summed E-state index contributed by atoms with van der Waals surface area (Å²) >= 11 is 0. The van der Waals surface area contributed by atoms with Crippen LogP contribution in [0.5, 0.6) is 0 Å². The van der Waals surface area contributed by atoms with Crippen molar-refractivity contribution in [3.63, 3.8) is 0 Å². The molecule has 0 N–H and O–H groups in total. The van der Waals surface area contributed by atoms with Crippen LogP contribution in [0.1, 0.15) is 0 Å². The highest BCUT2D eigenvalue weighted by molar-refractivity contribution is 5.79. The molecular weight excluding hydrogens is 696 g/mol. The average Bonchev–Trinajstić information content (AvgIpc) is 3.07. The van der Waals surface area contributed by atoms with Crippen molar-refractivity contribution in [2.45, 2.75) is 71.1 Å². The number of hydrogen-bond donors (Lipinski definition) is 0. The van der Waals surface area contributed by atoms with Gasteiger partial charge in [-0.25, -0.2) is 0 Å². The van der Waals surface area contributed by atoms with Crippen LogP contribution >= 0.6 is 0 Å². The molecule has 0 bridgehead atoms. The van der Waals surface area contributed by atoms with E-state index in [1.165, 1.54) is 0 Å². The van der Waals surface area contributed by atoms with E-state index in [1.807, 2.05) is 0 Å². The van der Waals surface area contributed by atoms with Crippen LogP contribution in [0.4, 0.5) is 105 Å². The summed E-state index contributed by atoms with van der Waals surface area (Å²) in [6, 6.07) is 0. The average molecular weight is 696 g/mol. The van der Waals surface area contributed by atoms with E-state index < -0.39 is 116 Å². The van der Waals surface area contributed by atoms with Crippen molar-refractivity contribution in [3.05, 3.63) is 44.6 Å². The van der Waals surface area contributed by atoms with Crippen LogP contribution in [0.15, 0.2) is 44.6 Å². The molecule has 4 saturated carbocycles. The van der Waals surface area contributed by atoms with Gasteiger partial charge in [0.15, 0.2) is 0 Å². The summed E-state index contributed by atoms with van der Waals surface area (Å²) < 4.78 is 351. The first kappa shape index (κ1) is 32.7. The molecule has 5 aliphatic rings. The van der Waals surface area contributed by atoms with Crippen LogP contribution in [0, 0.1) is 0 Å². The van der Waals surface area contributed by atoms with Gasteiger partial charge in [-0.1, -0.05) is 0 Å². The summed E-state index contributed by atoms with van der Waals surface area (Å²) in [6.07, 6.45) is 0. The molecule has 0 spiro atoms. The Morgan fingerprint density at radius 3 is 0.295 bits per heavy atom. The van der Waals surface area contributed by atoms with Gasteiger partial charge < -0.3 is 0 Å². The number of allylic oxidation sites excluding steroid dienone is 8. The first-order valence-electron chi connectivity index (χ1n) is 10.5. The minimum absolute atomic E-state index is 4.81. The van der Waals surface area contributed by atoms with E-state index in [4.69, 9.17) is 0 Å². The number of hydrogen-bond acceptors (Lipinski definition) is 0. The summed E-state index contributed by atoms with van der Waals surface area (Å²) in [7, 11) is 0. The van der Waals surface area contributed by atoms with E-state index in [1.54, 1.807) is 0 Å². The standard InChI is InChI=1S/C20F24/c21-9(22)1-2(10(23,24)17(9,37)38)4-6(14(31,32)19(41,42)13(4,29)30)8-7(15(33,34)20(43,44)16(8,35)36)5-3(1)11(25,26)18(39,40)12(5,27)28/b3-1-,4-2-,7-5-,8-6-. The highest BCUT2D eigenvalue weighted by atomic mass is 19.4. The van der Waals surface area contributed by atoms with E-state index >= 15 is 0 Å². The molecule has 0 amide bonds. The summed E-state index contributed by atoms with van der Waals surface area (Å²) in [5.41, 5.74) is -38.5. The quantitative estimate of drug-likeness (QED) is 0.222. The lowest BCUT2D eigenvalue weighted by Gasteiger charge is -2.27. The van der Waals surface area contributed by atoms with E-state index in [2.05, 4.69) is 0 Å². The van der Waals surface area contributed by atoms with Crippen molar-refractivity contribution < 1.29 is 105 Å². The lowest BCUT2D eigenvalue weighted by molar-refractivity contribution is -0.265. The third-order valence-corrected chi connectivity index (χ3v) is 7.67. The summed E-state index contributed by atoms with van der Waals surface area (Å²) in [6.45, 7) is 0. The Hall–Kier alpha value is -2.72. The fourth-order valence-corrected chi connectivity index (χ4v) is 5.56. The van der Waals surface area contributed by atoms with Crippen molar-refractivity contribution in [1.29, 1.82) is 0 Å². The lowest BCUT2D eigenvalue weighted by atomic mass is 9.80. The Morgan fingerprint density at radius 1 is 0.159 bits per heavy atom. The largest absolute Gasteiger partial charge is 0.380 e. The van der Waals surface area contributed by atoms with E-state index in [0.717, 1.165) is 0 Å².